The zero-order valence-corrected chi connectivity index (χ0v) is 15.8. The lowest BCUT2D eigenvalue weighted by atomic mass is 10.1. The first-order chi connectivity index (χ1) is 12.2. The molecule has 0 unspecified atom stereocenters. The van der Waals surface area contributed by atoms with Crippen LogP contribution in [0.2, 0.25) is 0 Å². The number of benzene rings is 1. The van der Waals surface area contributed by atoms with Gasteiger partial charge in [-0.15, -0.1) is 0 Å². The van der Waals surface area contributed by atoms with Crippen molar-refractivity contribution in [2.75, 3.05) is 20.8 Å². The highest BCUT2D eigenvalue weighted by atomic mass is 16.6. The van der Waals surface area contributed by atoms with Crippen molar-refractivity contribution in [1.29, 1.82) is 0 Å². The number of aliphatic hydroxyl groups excluding tert-OH is 1. The van der Waals surface area contributed by atoms with Gasteiger partial charge in [-0.25, -0.2) is 9.59 Å². The van der Waals surface area contributed by atoms with Crippen LogP contribution in [0.1, 0.15) is 26.3 Å². The average molecular weight is 369 g/mol. The number of carbonyl (C=O) groups is 2. The molecule has 0 heterocycles. The van der Waals surface area contributed by atoms with Crippen LogP contribution >= 0.6 is 0 Å². The van der Waals surface area contributed by atoms with Gasteiger partial charge in [0.2, 0.25) is 0 Å². The van der Waals surface area contributed by atoms with E-state index in [-0.39, 0.29) is 13.2 Å². The van der Waals surface area contributed by atoms with Crippen LogP contribution < -0.4 is 10.1 Å². The lowest BCUT2D eigenvalue weighted by molar-refractivity contribution is -0.147. The summed E-state index contributed by atoms with van der Waals surface area (Å²) in [6.45, 7) is 5.11. The Labute approximate surface area is 153 Å². The summed E-state index contributed by atoms with van der Waals surface area (Å²) in [6.07, 6.45) is -2.13. The summed E-state index contributed by atoms with van der Waals surface area (Å²) in [5, 5.41) is 12.5. The molecule has 1 rings (SSSR count). The first-order valence-corrected chi connectivity index (χ1v) is 8.12. The van der Waals surface area contributed by atoms with Crippen molar-refractivity contribution in [2.45, 2.75) is 45.1 Å². The van der Waals surface area contributed by atoms with Crippen LogP contribution in [0.15, 0.2) is 24.3 Å². The second-order valence-electron chi connectivity index (χ2n) is 6.58. The first-order valence-electron chi connectivity index (χ1n) is 8.12. The van der Waals surface area contributed by atoms with Gasteiger partial charge in [-0.05, 0) is 38.5 Å². The van der Waals surface area contributed by atoms with Gasteiger partial charge in [0.1, 0.15) is 17.5 Å². The number of carbonyl (C=O) groups excluding carboxylic acids is 2. The molecule has 2 atom stereocenters. The molecule has 0 radical (unpaired) electrons. The third-order valence-corrected chi connectivity index (χ3v) is 3.23. The van der Waals surface area contributed by atoms with Crippen LogP contribution in [0, 0.1) is 0 Å². The van der Waals surface area contributed by atoms with E-state index in [9.17, 15) is 14.7 Å². The van der Waals surface area contributed by atoms with Crippen molar-refractivity contribution < 1.29 is 33.6 Å². The zero-order chi connectivity index (χ0) is 19.7. The predicted molar refractivity (Wildman–Crippen MR) is 93.8 cm³/mol. The molecule has 26 heavy (non-hydrogen) atoms. The maximum absolute atomic E-state index is 11.8. The Morgan fingerprint density at radius 3 is 2.27 bits per heavy atom. The number of ether oxygens (including phenoxy) is 4. The van der Waals surface area contributed by atoms with Gasteiger partial charge in [-0.1, -0.05) is 12.1 Å². The highest BCUT2D eigenvalue weighted by Crippen LogP contribution is 2.12. The fourth-order valence-corrected chi connectivity index (χ4v) is 1.99. The number of rotatable bonds is 8. The van der Waals surface area contributed by atoms with E-state index in [0.717, 1.165) is 18.4 Å². The average Bonchev–Trinajstić information content (AvgIpc) is 2.58. The Bertz CT molecular complexity index is 580. The van der Waals surface area contributed by atoms with Crippen molar-refractivity contribution in [3.8, 4) is 5.75 Å². The van der Waals surface area contributed by atoms with Crippen LogP contribution in [0.25, 0.3) is 0 Å². The maximum atomic E-state index is 11.8. The molecule has 0 saturated carbocycles. The normalized spacial score (nSPS) is 13.5. The molecule has 1 aromatic carbocycles. The second-order valence-corrected chi connectivity index (χ2v) is 6.58. The number of methoxy groups -OCH3 is 2. The van der Waals surface area contributed by atoms with Crippen molar-refractivity contribution in [1.82, 2.24) is 5.32 Å². The molecular weight excluding hydrogens is 342 g/mol. The Balaban J connectivity index is 2.57. The molecule has 0 spiro atoms. The number of esters is 1. The third-order valence-electron chi connectivity index (χ3n) is 3.23. The van der Waals surface area contributed by atoms with Gasteiger partial charge in [-0.3, -0.25) is 0 Å². The van der Waals surface area contributed by atoms with Gasteiger partial charge in [0.25, 0.3) is 0 Å². The molecule has 0 fully saturated rings. The van der Waals surface area contributed by atoms with Crippen LogP contribution in [0.3, 0.4) is 0 Å². The predicted octanol–water partition coefficient (Wildman–Crippen LogP) is 1.64. The largest absolute Gasteiger partial charge is 0.497 e. The quantitative estimate of drug-likeness (QED) is 0.671. The SMILES string of the molecule is COC(=O)[C@H](NC(=O)OC(C)(C)C)[C@@H](O)COCc1ccc(OC)cc1. The van der Waals surface area contributed by atoms with Crippen LogP contribution in [-0.2, 0) is 25.6 Å². The molecule has 0 aliphatic carbocycles. The van der Waals surface area contributed by atoms with Gasteiger partial charge in [0.05, 0.1) is 27.4 Å². The number of alkyl carbamates (subject to hydrolysis) is 1. The highest BCUT2D eigenvalue weighted by molar-refractivity contribution is 5.82. The van der Waals surface area contributed by atoms with Gasteiger partial charge >= 0.3 is 12.1 Å². The Morgan fingerprint density at radius 2 is 1.77 bits per heavy atom. The number of nitrogens with one attached hydrogen (secondary N) is 1. The minimum Gasteiger partial charge on any atom is -0.497 e. The van der Waals surface area contributed by atoms with E-state index in [2.05, 4.69) is 10.1 Å². The van der Waals surface area contributed by atoms with Crippen molar-refractivity contribution in [3.05, 3.63) is 29.8 Å². The number of amides is 1. The van der Waals surface area contributed by atoms with E-state index >= 15 is 0 Å². The minimum absolute atomic E-state index is 0.179. The van der Waals surface area contributed by atoms with Crippen LogP contribution in [0.4, 0.5) is 4.79 Å². The molecule has 0 aliphatic heterocycles. The fourth-order valence-electron chi connectivity index (χ4n) is 1.99. The zero-order valence-electron chi connectivity index (χ0n) is 15.8. The van der Waals surface area contributed by atoms with Gasteiger partial charge in [0.15, 0.2) is 6.04 Å². The molecule has 146 valence electrons. The van der Waals surface area contributed by atoms with E-state index in [1.165, 1.54) is 0 Å². The van der Waals surface area contributed by atoms with E-state index in [1.807, 2.05) is 12.1 Å². The maximum Gasteiger partial charge on any atom is 0.408 e. The molecule has 0 saturated heterocycles. The van der Waals surface area contributed by atoms with E-state index in [4.69, 9.17) is 14.2 Å². The Morgan fingerprint density at radius 1 is 1.15 bits per heavy atom. The summed E-state index contributed by atoms with van der Waals surface area (Å²) in [7, 11) is 2.74. The minimum atomic E-state index is -1.30. The first kappa shape index (κ1) is 21.7. The third kappa shape index (κ3) is 7.71. The van der Waals surface area contributed by atoms with Crippen molar-refractivity contribution in [2.24, 2.45) is 0 Å². The van der Waals surface area contributed by atoms with Crippen molar-refractivity contribution >= 4 is 12.1 Å². The second kappa shape index (κ2) is 9.98. The van der Waals surface area contributed by atoms with E-state index in [1.54, 1.807) is 40.0 Å². The van der Waals surface area contributed by atoms with E-state index in [0.29, 0.717) is 0 Å². The summed E-state index contributed by atoms with van der Waals surface area (Å²) in [4.78, 5) is 23.7. The van der Waals surface area contributed by atoms with Crippen molar-refractivity contribution in [3.63, 3.8) is 0 Å². The molecular formula is C18H27NO7. The summed E-state index contributed by atoms with van der Waals surface area (Å²) < 4.78 is 20.2. The highest BCUT2D eigenvalue weighted by Gasteiger charge is 2.31. The van der Waals surface area contributed by atoms with E-state index < -0.39 is 29.8 Å². The summed E-state index contributed by atoms with van der Waals surface area (Å²) in [6, 6.07) is 5.92. The standard InChI is InChI=1S/C18H27NO7/c1-18(2,3)26-17(22)19-15(16(21)24-5)14(20)11-25-10-12-6-8-13(23-4)9-7-12/h6-9,14-15,20H,10-11H2,1-5H3,(H,19,22)/t14-,15+/m0/s1. The monoisotopic (exact) mass is 369 g/mol. The number of aliphatic hydroxyl groups is 1. The molecule has 0 aliphatic rings. The fraction of sp³-hybridized carbons (Fsp3) is 0.556. The van der Waals surface area contributed by atoms with Crippen LogP contribution in [0.5, 0.6) is 5.75 Å². The van der Waals surface area contributed by atoms with Gasteiger partial charge in [0, 0.05) is 0 Å². The van der Waals surface area contributed by atoms with Gasteiger partial charge < -0.3 is 29.4 Å². The lowest BCUT2D eigenvalue weighted by Crippen LogP contribution is -2.52. The number of hydrogen-bond acceptors (Lipinski definition) is 7. The van der Waals surface area contributed by atoms with Crippen LogP contribution in [-0.4, -0.2) is 55.7 Å². The molecule has 1 amide bonds. The Hall–Kier alpha value is -2.32. The molecule has 2 N–H and O–H groups in total. The number of hydrogen-bond donors (Lipinski definition) is 2. The topological polar surface area (TPSA) is 103 Å². The molecule has 0 aromatic heterocycles. The molecule has 1 aromatic rings. The summed E-state index contributed by atoms with van der Waals surface area (Å²) in [5.74, 6) is -0.0718. The molecule has 8 heteroatoms. The molecule has 8 nitrogen and oxygen atoms in total. The lowest BCUT2D eigenvalue weighted by Gasteiger charge is -2.25. The summed E-state index contributed by atoms with van der Waals surface area (Å²) in [5.41, 5.74) is 0.133. The Kier molecular flexibility index (Phi) is 8.34. The van der Waals surface area contributed by atoms with Gasteiger partial charge in [-0.2, -0.15) is 0 Å². The summed E-state index contributed by atoms with van der Waals surface area (Å²) >= 11 is 0. The molecule has 0 bridgehead atoms. The smallest absolute Gasteiger partial charge is 0.408 e.